The standard InChI is InChI=1S/C12H16BrNOS/c1-8-10(5-6-16-8)14-11-7-9(13)3-4-12(11)15-2/h3-4,7-8,10,14H,5-6H2,1-2H3. The quantitative estimate of drug-likeness (QED) is 0.918. The van der Waals surface area contributed by atoms with Crippen molar-refractivity contribution < 1.29 is 4.74 Å². The van der Waals surface area contributed by atoms with Gasteiger partial charge in [0.2, 0.25) is 0 Å². The van der Waals surface area contributed by atoms with Crippen LogP contribution < -0.4 is 10.1 Å². The Balaban J connectivity index is 2.16. The van der Waals surface area contributed by atoms with Crippen LogP contribution in [0.5, 0.6) is 5.75 Å². The second-order valence-electron chi connectivity index (χ2n) is 3.96. The van der Waals surface area contributed by atoms with Gasteiger partial charge in [-0.15, -0.1) is 0 Å². The molecule has 88 valence electrons. The van der Waals surface area contributed by atoms with E-state index in [1.807, 2.05) is 23.9 Å². The van der Waals surface area contributed by atoms with E-state index >= 15 is 0 Å². The number of hydrogen-bond donors (Lipinski definition) is 1. The number of thioether (sulfide) groups is 1. The average molecular weight is 302 g/mol. The Morgan fingerprint density at radius 3 is 2.94 bits per heavy atom. The van der Waals surface area contributed by atoms with Crippen LogP contribution in [-0.2, 0) is 0 Å². The molecule has 0 aromatic heterocycles. The summed E-state index contributed by atoms with van der Waals surface area (Å²) in [5, 5.41) is 4.25. The highest BCUT2D eigenvalue weighted by Crippen LogP contribution is 2.33. The van der Waals surface area contributed by atoms with Crippen molar-refractivity contribution in [2.75, 3.05) is 18.2 Å². The van der Waals surface area contributed by atoms with Crippen molar-refractivity contribution in [1.29, 1.82) is 0 Å². The van der Waals surface area contributed by atoms with E-state index in [0.717, 1.165) is 15.9 Å². The molecule has 1 aromatic carbocycles. The highest BCUT2D eigenvalue weighted by Gasteiger charge is 2.24. The smallest absolute Gasteiger partial charge is 0.142 e. The first-order valence-corrected chi connectivity index (χ1v) is 7.26. The third-order valence-corrected chi connectivity index (χ3v) is 4.70. The first-order valence-electron chi connectivity index (χ1n) is 5.42. The molecule has 1 heterocycles. The molecule has 0 bridgehead atoms. The molecule has 0 saturated carbocycles. The molecule has 16 heavy (non-hydrogen) atoms. The summed E-state index contributed by atoms with van der Waals surface area (Å²) in [6, 6.07) is 6.61. The molecular weight excluding hydrogens is 286 g/mol. The lowest BCUT2D eigenvalue weighted by molar-refractivity contribution is 0.416. The topological polar surface area (TPSA) is 21.3 Å². The molecule has 0 amide bonds. The third kappa shape index (κ3) is 2.66. The van der Waals surface area contributed by atoms with Crippen LogP contribution in [0.3, 0.4) is 0 Å². The minimum absolute atomic E-state index is 0.549. The van der Waals surface area contributed by atoms with Gasteiger partial charge in [-0.2, -0.15) is 11.8 Å². The minimum Gasteiger partial charge on any atom is -0.495 e. The molecular formula is C12H16BrNOS. The molecule has 1 aliphatic heterocycles. The van der Waals surface area contributed by atoms with E-state index in [2.05, 4.69) is 34.2 Å². The van der Waals surface area contributed by atoms with Crippen molar-refractivity contribution in [2.24, 2.45) is 0 Å². The summed E-state index contributed by atoms with van der Waals surface area (Å²) >= 11 is 5.52. The van der Waals surface area contributed by atoms with Crippen molar-refractivity contribution in [3.05, 3.63) is 22.7 Å². The van der Waals surface area contributed by atoms with E-state index in [-0.39, 0.29) is 0 Å². The highest BCUT2D eigenvalue weighted by molar-refractivity contribution is 9.10. The lowest BCUT2D eigenvalue weighted by Crippen LogP contribution is -2.24. The fourth-order valence-corrected chi connectivity index (χ4v) is 3.47. The maximum Gasteiger partial charge on any atom is 0.142 e. The number of anilines is 1. The van der Waals surface area contributed by atoms with Crippen LogP contribution in [0.2, 0.25) is 0 Å². The maximum absolute atomic E-state index is 5.36. The van der Waals surface area contributed by atoms with Crippen LogP contribution in [0, 0.1) is 0 Å². The van der Waals surface area contributed by atoms with E-state index in [4.69, 9.17) is 4.74 Å². The van der Waals surface area contributed by atoms with Crippen molar-refractivity contribution >= 4 is 33.4 Å². The van der Waals surface area contributed by atoms with Gasteiger partial charge in [-0.25, -0.2) is 0 Å². The molecule has 0 aliphatic carbocycles. The molecule has 2 unspecified atom stereocenters. The van der Waals surface area contributed by atoms with Gasteiger partial charge in [0.1, 0.15) is 5.75 Å². The zero-order chi connectivity index (χ0) is 11.5. The Bertz CT molecular complexity index is 372. The van der Waals surface area contributed by atoms with E-state index < -0.39 is 0 Å². The number of halogens is 1. The fraction of sp³-hybridized carbons (Fsp3) is 0.500. The highest BCUT2D eigenvalue weighted by atomic mass is 79.9. The van der Waals surface area contributed by atoms with Crippen molar-refractivity contribution in [2.45, 2.75) is 24.6 Å². The van der Waals surface area contributed by atoms with Gasteiger partial charge in [0, 0.05) is 15.8 Å². The molecule has 1 N–H and O–H groups in total. The SMILES string of the molecule is COc1ccc(Br)cc1NC1CCSC1C. The van der Waals surface area contributed by atoms with Gasteiger partial charge in [-0.1, -0.05) is 22.9 Å². The summed E-state index contributed by atoms with van der Waals surface area (Å²) in [6.07, 6.45) is 1.22. The number of rotatable bonds is 3. The molecule has 1 aliphatic rings. The number of benzene rings is 1. The molecule has 1 fully saturated rings. The fourth-order valence-electron chi connectivity index (χ4n) is 1.91. The summed E-state index contributed by atoms with van der Waals surface area (Å²) in [4.78, 5) is 0. The van der Waals surface area contributed by atoms with E-state index in [1.165, 1.54) is 12.2 Å². The van der Waals surface area contributed by atoms with E-state index in [1.54, 1.807) is 7.11 Å². The number of methoxy groups -OCH3 is 1. The molecule has 1 saturated heterocycles. The number of ether oxygens (including phenoxy) is 1. The van der Waals surface area contributed by atoms with Crippen LogP contribution in [0.4, 0.5) is 5.69 Å². The number of hydrogen-bond acceptors (Lipinski definition) is 3. The minimum atomic E-state index is 0.549. The lowest BCUT2D eigenvalue weighted by Gasteiger charge is -2.20. The second kappa shape index (κ2) is 5.32. The zero-order valence-electron chi connectivity index (χ0n) is 9.50. The summed E-state index contributed by atoms with van der Waals surface area (Å²) in [7, 11) is 1.71. The van der Waals surface area contributed by atoms with Gasteiger partial charge in [0.15, 0.2) is 0 Å². The van der Waals surface area contributed by atoms with E-state index in [9.17, 15) is 0 Å². The molecule has 2 nitrogen and oxygen atoms in total. The number of nitrogens with one attached hydrogen (secondary N) is 1. The zero-order valence-corrected chi connectivity index (χ0v) is 11.9. The summed E-state index contributed by atoms with van der Waals surface area (Å²) in [6.45, 7) is 2.28. The first-order chi connectivity index (χ1) is 7.70. The molecule has 2 rings (SSSR count). The average Bonchev–Trinajstić information content (AvgIpc) is 2.65. The Morgan fingerprint density at radius 2 is 2.31 bits per heavy atom. The maximum atomic E-state index is 5.36. The summed E-state index contributed by atoms with van der Waals surface area (Å²) < 4.78 is 6.43. The Morgan fingerprint density at radius 1 is 1.50 bits per heavy atom. The lowest BCUT2D eigenvalue weighted by atomic mass is 10.1. The van der Waals surface area contributed by atoms with Crippen LogP contribution in [-0.4, -0.2) is 24.2 Å². The molecule has 0 radical (unpaired) electrons. The summed E-state index contributed by atoms with van der Waals surface area (Å²) in [5.41, 5.74) is 1.08. The predicted octanol–water partition coefficient (Wildman–Crippen LogP) is 3.76. The Hall–Kier alpha value is -0.350. The molecule has 2 atom stereocenters. The van der Waals surface area contributed by atoms with Crippen LogP contribution in [0.1, 0.15) is 13.3 Å². The first kappa shape index (κ1) is 12.1. The van der Waals surface area contributed by atoms with Crippen LogP contribution in [0.15, 0.2) is 22.7 Å². The van der Waals surface area contributed by atoms with E-state index in [0.29, 0.717) is 11.3 Å². The van der Waals surface area contributed by atoms with Gasteiger partial charge >= 0.3 is 0 Å². The third-order valence-electron chi connectivity index (χ3n) is 2.88. The molecule has 1 aromatic rings. The normalized spacial score (nSPS) is 24.4. The largest absolute Gasteiger partial charge is 0.495 e. The second-order valence-corrected chi connectivity index (χ2v) is 6.36. The van der Waals surface area contributed by atoms with Gasteiger partial charge < -0.3 is 10.1 Å². The molecule has 4 heteroatoms. The van der Waals surface area contributed by atoms with Gasteiger partial charge in [-0.3, -0.25) is 0 Å². The van der Waals surface area contributed by atoms with Gasteiger partial charge in [-0.05, 0) is 30.4 Å². The van der Waals surface area contributed by atoms with Crippen LogP contribution >= 0.6 is 27.7 Å². The molecule has 0 spiro atoms. The van der Waals surface area contributed by atoms with Crippen molar-refractivity contribution in [1.82, 2.24) is 0 Å². The Kier molecular flexibility index (Phi) is 4.03. The van der Waals surface area contributed by atoms with Crippen molar-refractivity contribution in [3.63, 3.8) is 0 Å². The van der Waals surface area contributed by atoms with Crippen LogP contribution in [0.25, 0.3) is 0 Å². The predicted molar refractivity (Wildman–Crippen MR) is 74.6 cm³/mol. The monoisotopic (exact) mass is 301 g/mol. The van der Waals surface area contributed by atoms with Gasteiger partial charge in [0.05, 0.1) is 12.8 Å². The Labute approximate surface area is 109 Å². The van der Waals surface area contributed by atoms with Gasteiger partial charge in [0.25, 0.3) is 0 Å². The summed E-state index contributed by atoms with van der Waals surface area (Å²) in [5.74, 6) is 2.15. The van der Waals surface area contributed by atoms with Crippen molar-refractivity contribution in [3.8, 4) is 5.75 Å².